The summed E-state index contributed by atoms with van der Waals surface area (Å²) >= 11 is 0. The Balaban J connectivity index is 1.72. The maximum atomic E-state index is 11.8. The molecule has 0 spiro atoms. The first kappa shape index (κ1) is 14.9. The van der Waals surface area contributed by atoms with Crippen LogP contribution in [-0.2, 0) is 11.3 Å². The van der Waals surface area contributed by atoms with Gasteiger partial charge in [0.25, 0.3) is 0 Å². The second-order valence-corrected chi connectivity index (χ2v) is 4.63. The van der Waals surface area contributed by atoms with E-state index in [9.17, 15) is 4.79 Å². The van der Waals surface area contributed by atoms with Crippen LogP contribution in [0.2, 0.25) is 0 Å². The van der Waals surface area contributed by atoms with Crippen LogP contribution in [0.5, 0.6) is 5.75 Å². The molecule has 2 N–H and O–H groups in total. The molecule has 110 valence electrons. The van der Waals surface area contributed by atoms with Gasteiger partial charge in [-0.3, -0.25) is 4.79 Å². The molecule has 0 aliphatic rings. The monoisotopic (exact) mass is 284 g/mol. The molecule has 2 aromatic rings. The zero-order valence-corrected chi connectivity index (χ0v) is 12.1. The molecule has 4 heteroatoms. The molecule has 2 aromatic carbocycles. The maximum absolute atomic E-state index is 11.8. The van der Waals surface area contributed by atoms with E-state index in [2.05, 4.69) is 10.6 Å². The van der Waals surface area contributed by atoms with E-state index in [1.165, 1.54) is 0 Å². The molecule has 0 heterocycles. The van der Waals surface area contributed by atoms with Crippen molar-refractivity contribution in [2.75, 3.05) is 19.0 Å². The van der Waals surface area contributed by atoms with Crippen LogP contribution in [0.4, 0.5) is 5.69 Å². The number of nitrogens with one attached hydrogen (secondary N) is 2. The molecule has 0 aliphatic carbocycles. The molecule has 0 fully saturated rings. The summed E-state index contributed by atoms with van der Waals surface area (Å²) < 4.78 is 5.25. The molecule has 0 saturated heterocycles. The van der Waals surface area contributed by atoms with Crippen molar-refractivity contribution in [2.24, 2.45) is 0 Å². The summed E-state index contributed by atoms with van der Waals surface area (Å²) in [6.07, 6.45) is 0.435. The van der Waals surface area contributed by atoms with Crippen molar-refractivity contribution in [3.8, 4) is 5.75 Å². The van der Waals surface area contributed by atoms with Crippen LogP contribution in [0.3, 0.4) is 0 Å². The van der Waals surface area contributed by atoms with Crippen molar-refractivity contribution < 1.29 is 9.53 Å². The predicted octanol–water partition coefficient (Wildman–Crippen LogP) is 2.81. The summed E-state index contributed by atoms with van der Waals surface area (Å²) in [5.74, 6) is 0.810. The van der Waals surface area contributed by atoms with Gasteiger partial charge in [0.15, 0.2) is 0 Å². The quantitative estimate of drug-likeness (QED) is 0.822. The number of rotatable bonds is 7. The third-order valence-corrected chi connectivity index (χ3v) is 3.12. The molecule has 0 atom stereocenters. The van der Waals surface area contributed by atoms with Gasteiger partial charge in [0.1, 0.15) is 5.75 Å². The van der Waals surface area contributed by atoms with Gasteiger partial charge in [0.2, 0.25) is 5.91 Å². The van der Waals surface area contributed by atoms with Crippen LogP contribution >= 0.6 is 0 Å². The van der Waals surface area contributed by atoms with Gasteiger partial charge in [0, 0.05) is 30.8 Å². The van der Waals surface area contributed by atoms with Crippen molar-refractivity contribution in [1.82, 2.24) is 5.32 Å². The van der Waals surface area contributed by atoms with Crippen LogP contribution < -0.4 is 15.4 Å². The molecule has 0 unspecified atom stereocenters. The van der Waals surface area contributed by atoms with Crippen molar-refractivity contribution in [1.29, 1.82) is 0 Å². The molecule has 0 saturated carbocycles. The van der Waals surface area contributed by atoms with Gasteiger partial charge in [-0.15, -0.1) is 0 Å². The van der Waals surface area contributed by atoms with Crippen molar-refractivity contribution in [3.63, 3.8) is 0 Å². The number of carbonyl (C=O) groups excluding carboxylic acids is 1. The van der Waals surface area contributed by atoms with E-state index >= 15 is 0 Å². The summed E-state index contributed by atoms with van der Waals surface area (Å²) in [6, 6.07) is 17.5. The second kappa shape index (κ2) is 7.94. The van der Waals surface area contributed by atoms with Crippen LogP contribution in [0.15, 0.2) is 54.6 Å². The summed E-state index contributed by atoms with van der Waals surface area (Å²) in [7, 11) is 1.63. The third-order valence-electron chi connectivity index (χ3n) is 3.12. The van der Waals surface area contributed by atoms with E-state index in [0.29, 0.717) is 19.5 Å². The molecular formula is C17H20N2O2. The Labute approximate surface area is 125 Å². The zero-order chi connectivity index (χ0) is 14.9. The molecule has 21 heavy (non-hydrogen) atoms. The SMILES string of the molecule is COc1ccccc1CNC(=O)CCNc1ccccc1. The van der Waals surface area contributed by atoms with Gasteiger partial charge in [-0.1, -0.05) is 36.4 Å². The first-order chi connectivity index (χ1) is 10.3. The average molecular weight is 284 g/mol. The molecule has 0 aliphatic heterocycles. The van der Waals surface area contributed by atoms with Gasteiger partial charge in [0.05, 0.1) is 7.11 Å². The lowest BCUT2D eigenvalue weighted by molar-refractivity contribution is -0.121. The van der Waals surface area contributed by atoms with Crippen LogP contribution in [0.1, 0.15) is 12.0 Å². The van der Waals surface area contributed by atoms with Crippen LogP contribution in [-0.4, -0.2) is 19.6 Å². The van der Waals surface area contributed by atoms with E-state index in [0.717, 1.165) is 17.0 Å². The van der Waals surface area contributed by atoms with E-state index in [-0.39, 0.29) is 5.91 Å². The standard InChI is InChI=1S/C17H20N2O2/c1-21-16-10-6-5-7-14(16)13-19-17(20)11-12-18-15-8-3-2-4-9-15/h2-10,18H,11-13H2,1H3,(H,19,20). The normalized spacial score (nSPS) is 9.95. The predicted molar refractivity (Wildman–Crippen MR) is 84.4 cm³/mol. The number of amides is 1. The molecule has 2 rings (SSSR count). The smallest absolute Gasteiger partial charge is 0.222 e. The Bertz CT molecular complexity index is 570. The first-order valence-corrected chi connectivity index (χ1v) is 6.97. The summed E-state index contributed by atoms with van der Waals surface area (Å²) in [5, 5.41) is 6.11. The summed E-state index contributed by atoms with van der Waals surface area (Å²) in [6.45, 7) is 1.09. The lowest BCUT2D eigenvalue weighted by Crippen LogP contribution is -2.25. The molecule has 0 bridgehead atoms. The Hall–Kier alpha value is -2.49. The lowest BCUT2D eigenvalue weighted by atomic mass is 10.2. The number of benzene rings is 2. The fourth-order valence-corrected chi connectivity index (χ4v) is 2.01. The summed E-state index contributed by atoms with van der Waals surface area (Å²) in [4.78, 5) is 11.8. The van der Waals surface area contributed by atoms with Gasteiger partial charge >= 0.3 is 0 Å². The lowest BCUT2D eigenvalue weighted by Gasteiger charge is -2.10. The molecular weight excluding hydrogens is 264 g/mol. The van der Waals surface area contributed by atoms with E-state index in [4.69, 9.17) is 4.74 Å². The Kier molecular flexibility index (Phi) is 5.64. The van der Waals surface area contributed by atoms with E-state index in [1.807, 2.05) is 54.6 Å². The van der Waals surface area contributed by atoms with Gasteiger partial charge < -0.3 is 15.4 Å². The molecule has 0 radical (unpaired) electrons. The number of hydrogen-bond acceptors (Lipinski definition) is 3. The molecule has 1 amide bonds. The Morgan fingerprint density at radius 2 is 1.76 bits per heavy atom. The van der Waals surface area contributed by atoms with Crippen LogP contribution in [0, 0.1) is 0 Å². The zero-order valence-electron chi connectivity index (χ0n) is 12.1. The van der Waals surface area contributed by atoms with E-state index in [1.54, 1.807) is 7.11 Å². The fourth-order valence-electron chi connectivity index (χ4n) is 2.01. The van der Waals surface area contributed by atoms with E-state index < -0.39 is 0 Å². The van der Waals surface area contributed by atoms with Crippen molar-refractivity contribution in [3.05, 3.63) is 60.2 Å². The maximum Gasteiger partial charge on any atom is 0.222 e. The number of anilines is 1. The van der Waals surface area contributed by atoms with Gasteiger partial charge in [-0.2, -0.15) is 0 Å². The highest BCUT2D eigenvalue weighted by atomic mass is 16.5. The van der Waals surface area contributed by atoms with Gasteiger partial charge in [-0.25, -0.2) is 0 Å². The highest BCUT2D eigenvalue weighted by molar-refractivity contribution is 5.76. The van der Waals surface area contributed by atoms with Crippen molar-refractivity contribution >= 4 is 11.6 Å². The Morgan fingerprint density at radius 1 is 1.05 bits per heavy atom. The van der Waals surface area contributed by atoms with Gasteiger partial charge in [-0.05, 0) is 18.2 Å². The minimum Gasteiger partial charge on any atom is -0.496 e. The number of methoxy groups -OCH3 is 1. The van der Waals surface area contributed by atoms with Crippen molar-refractivity contribution in [2.45, 2.75) is 13.0 Å². The fraction of sp³-hybridized carbons (Fsp3) is 0.235. The average Bonchev–Trinajstić information content (AvgIpc) is 2.54. The second-order valence-electron chi connectivity index (χ2n) is 4.63. The highest BCUT2D eigenvalue weighted by Gasteiger charge is 2.04. The number of carbonyl (C=O) groups is 1. The number of para-hydroxylation sites is 2. The Morgan fingerprint density at radius 3 is 2.52 bits per heavy atom. The number of ether oxygens (including phenoxy) is 1. The first-order valence-electron chi connectivity index (χ1n) is 6.97. The molecule has 4 nitrogen and oxygen atoms in total. The van der Waals surface area contributed by atoms with Crippen LogP contribution in [0.25, 0.3) is 0 Å². The minimum atomic E-state index is 0.0179. The highest BCUT2D eigenvalue weighted by Crippen LogP contribution is 2.16. The summed E-state index contributed by atoms with van der Waals surface area (Å²) in [5.41, 5.74) is 2.00. The number of hydrogen-bond donors (Lipinski definition) is 2. The topological polar surface area (TPSA) is 50.4 Å². The minimum absolute atomic E-state index is 0.0179. The third kappa shape index (κ3) is 4.84. The molecule has 0 aromatic heterocycles. The largest absolute Gasteiger partial charge is 0.496 e.